The van der Waals surface area contributed by atoms with Crippen LogP contribution in [-0.2, 0) is 24.2 Å². The zero-order valence-electron chi connectivity index (χ0n) is 15.5. The Kier molecular flexibility index (Phi) is 5.02. The third kappa shape index (κ3) is 3.52. The highest BCUT2D eigenvalue weighted by Gasteiger charge is 2.26. The van der Waals surface area contributed by atoms with Crippen molar-refractivity contribution in [3.63, 3.8) is 0 Å². The van der Waals surface area contributed by atoms with E-state index in [-0.39, 0.29) is 12.5 Å². The van der Waals surface area contributed by atoms with Crippen molar-refractivity contribution in [1.82, 2.24) is 9.88 Å². The number of aliphatic hydroxyl groups is 1. The predicted octanol–water partition coefficient (Wildman–Crippen LogP) is 3.77. The van der Waals surface area contributed by atoms with E-state index in [1.54, 1.807) is 13.1 Å². The molecule has 1 N–H and O–H groups in total. The first kappa shape index (κ1) is 18.2. The van der Waals surface area contributed by atoms with Gasteiger partial charge in [-0.05, 0) is 66.1 Å². The molecule has 1 aliphatic heterocycles. The Morgan fingerprint density at radius 1 is 1.15 bits per heavy atom. The zero-order chi connectivity index (χ0) is 19.0. The fourth-order valence-electron chi connectivity index (χ4n) is 4.17. The first-order chi connectivity index (χ1) is 13.1. The molecule has 4 rings (SSSR count). The largest absolute Gasteiger partial charge is 0.392 e. The van der Waals surface area contributed by atoms with Crippen molar-refractivity contribution in [3.05, 3.63) is 69.0 Å². The molecule has 1 aromatic heterocycles. The van der Waals surface area contributed by atoms with Crippen LogP contribution in [0.4, 0.5) is 0 Å². The monoisotopic (exact) mass is 382 g/mol. The van der Waals surface area contributed by atoms with Gasteiger partial charge < -0.3 is 10.0 Å². The number of carbonyl (C=O) groups is 1. The number of amides is 1. The molecular weight excluding hydrogens is 360 g/mol. The molecule has 1 aliphatic carbocycles. The number of hydrogen-bond acceptors (Lipinski definition) is 3. The van der Waals surface area contributed by atoms with Gasteiger partial charge in [-0.2, -0.15) is 0 Å². The van der Waals surface area contributed by atoms with Crippen molar-refractivity contribution in [2.75, 3.05) is 13.1 Å². The van der Waals surface area contributed by atoms with Crippen molar-refractivity contribution in [1.29, 1.82) is 0 Å². The standard InChI is InChI=1S/C22H23ClN2O2/c1-14(27)25-8-6-16(7-9-25)21-20-5-4-19(23)11-17(20)2-3-18-10-15(13-26)12-24-22(18)21/h4-5,10-12,26H,2-3,6-9,13H2,1H3. The van der Waals surface area contributed by atoms with Crippen LogP contribution >= 0.6 is 11.6 Å². The third-order valence-electron chi connectivity index (χ3n) is 5.61. The van der Waals surface area contributed by atoms with Gasteiger partial charge in [0, 0.05) is 36.8 Å². The molecule has 1 fully saturated rings. The summed E-state index contributed by atoms with van der Waals surface area (Å²) >= 11 is 6.27. The Hall–Kier alpha value is -2.17. The topological polar surface area (TPSA) is 53.4 Å². The van der Waals surface area contributed by atoms with Crippen molar-refractivity contribution < 1.29 is 9.90 Å². The van der Waals surface area contributed by atoms with Crippen LogP contribution in [0.2, 0.25) is 5.02 Å². The molecule has 0 spiro atoms. The number of aryl methyl sites for hydroxylation is 2. The number of aliphatic hydroxyl groups excluding tert-OH is 1. The Morgan fingerprint density at radius 2 is 1.89 bits per heavy atom. The molecule has 0 saturated carbocycles. The molecule has 1 saturated heterocycles. The molecule has 27 heavy (non-hydrogen) atoms. The number of nitrogens with zero attached hydrogens (tertiary/aromatic N) is 2. The van der Waals surface area contributed by atoms with Crippen LogP contribution in [0, 0.1) is 0 Å². The van der Waals surface area contributed by atoms with E-state index in [0.717, 1.165) is 55.1 Å². The van der Waals surface area contributed by atoms with E-state index in [0.29, 0.717) is 0 Å². The molecule has 2 aromatic rings. The highest BCUT2D eigenvalue weighted by atomic mass is 35.5. The van der Waals surface area contributed by atoms with Gasteiger partial charge in [-0.15, -0.1) is 0 Å². The number of rotatable bonds is 1. The molecule has 0 atom stereocenters. The number of carbonyl (C=O) groups excluding carboxylic acids is 1. The van der Waals surface area contributed by atoms with E-state index >= 15 is 0 Å². The predicted molar refractivity (Wildman–Crippen MR) is 107 cm³/mol. The molecule has 1 aromatic carbocycles. The maximum absolute atomic E-state index is 11.7. The summed E-state index contributed by atoms with van der Waals surface area (Å²) < 4.78 is 0. The minimum Gasteiger partial charge on any atom is -0.392 e. The summed E-state index contributed by atoms with van der Waals surface area (Å²) in [6, 6.07) is 8.18. The number of likely N-dealkylation sites (tertiary alicyclic amines) is 1. The normalized spacial score (nSPS) is 16.6. The van der Waals surface area contributed by atoms with Gasteiger partial charge in [0.1, 0.15) is 0 Å². The number of aromatic nitrogens is 1. The molecule has 1 amide bonds. The van der Waals surface area contributed by atoms with E-state index < -0.39 is 0 Å². The fraction of sp³-hybridized carbons (Fsp3) is 0.364. The Labute approximate surface area is 164 Å². The van der Waals surface area contributed by atoms with Crippen LogP contribution in [0.15, 0.2) is 36.0 Å². The van der Waals surface area contributed by atoms with E-state index in [2.05, 4.69) is 18.2 Å². The second-order valence-corrected chi connectivity index (χ2v) is 7.73. The molecule has 2 aliphatic rings. The molecule has 0 unspecified atom stereocenters. The van der Waals surface area contributed by atoms with Gasteiger partial charge in [0.05, 0.1) is 12.3 Å². The van der Waals surface area contributed by atoms with Crippen LogP contribution in [0.1, 0.15) is 47.7 Å². The highest BCUT2D eigenvalue weighted by molar-refractivity contribution is 6.30. The number of hydrogen-bond donors (Lipinski definition) is 1. The summed E-state index contributed by atoms with van der Waals surface area (Å²) in [5.74, 6) is 0.137. The van der Waals surface area contributed by atoms with Crippen LogP contribution in [0.25, 0.3) is 5.57 Å². The molecule has 140 valence electrons. The average Bonchev–Trinajstić information content (AvgIpc) is 2.84. The Morgan fingerprint density at radius 3 is 2.59 bits per heavy atom. The average molecular weight is 383 g/mol. The quantitative estimate of drug-likeness (QED) is 0.816. The summed E-state index contributed by atoms with van der Waals surface area (Å²) in [4.78, 5) is 18.4. The highest BCUT2D eigenvalue weighted by Crippen LogP contribution is 2.38. The van der Waals surface area contributed by atoms with Crippen LogP contribution in [-0.4, -0.2) is 34.0 Å². The zero-order valence-corrected chi connectivity index (χ0v) is 16.2. The molecule has 2 heterocycles. The minimum atomic E-state index is -0.00146. The number of halogens is 1. The van der Waals surface area contributed by atoms with E-state index in [9.17, 15) is 9.90 Å². The van der Waals surface area contributed by atoms with Gasteiger partial charge >= 0.3 is 0 Å². The summed E-state index contributed by atoms with van der Waals surface area (Å²) in [5.41, 5.74) is 8.01. The van der Waals surface area contributed by atoms with E-state index in [1.165, 1.54) is 27.8 Å². The molecule has 5 heteroatoms. The molecular formula is C22H23ClN2O2. The van der Waals surface area contributed by atoms with Gasteiger partial charge in [-0.1, -0.05) is 23.2 Å². The lowest BCUT2D eigenvalue weighted by Crippen LogP contribution is -2.34. The summed E-state index contributed by atoms with van der Waals surface area (Å²) in [5, 5.41) is 10.3. The number of benzene rings is 1. The summed E-state index contributed by atoms with van der Waals surface area (Å²) in [6.07, 6.45) is 5.26. The lowest BCUT2D eigenvalue weighted by molar-refractivity contribution is -0.129. The SMILES string of the molecule is CC(=O)N1CCC(=C2c3ccc(Cl)cc3CCc3cc(CO)cnc32)CC1. The van der Waals surface area contributed by atoms with Crippen LogP contribution in [0.5, 0.6) is 0 Å². The van der Waals surface area contributed by atoms with Crippen molar-refractivity contribution >= 4 is 23.1 Å². The van der Waals surface area contributed by atoms with Gasteiger partial charge in [0.15, 0.2) is 0 Å². The maximum atomic E-state index is 11.7. The van der Waals surface area contributed by atoms with Gasteiger partial charge in [-0.25, -0.2) is 0 Å². The van der Waals surface area contributed by atoms with Crippen LogP contribution < -0.4 is 0 Å². The summed E-state index contributed by atoms with van der Waals surface area (Å²) in [7, 11) is 0. The molecule has 0 radical (unpaired) electrons. The van der Waals surface area contributed by atoms with Gasteiger partial charge in [0.25, 0.3) is 0 Å². The number of fused-ring (bicyclic) bond motifs is 2. The van der Waals surface area contributed by atoms with Crippen molar-refractivity contribution in [2.45, 2.75) is 39.2 Å². The smallest absolute Gasteiger partial charge is 0.219 e. The first-order valence-corrected chi connectivity index (χ1v) is 9.80. The molecule has 0 bridgehead atoms. The Balaban J connectivity index is 1.86. The lowest BCUT2D eigenvalue weighted by Gasteiger charge is -2.29. The Bertz CT molecular complexity index is 926. The number of piperidine rings is 1. The minimum absolute atomic E-state index is 0.00146. The van der Waals surface area contributed by atoms with E-state index in [1.807, 2.05) is 11.0 Å². The fourth-order valence-corrected chi connectivity index (χ4v) is 4.37. The first-order valence-electron chi connectivity index (χ1n) is 9.42. The third-order valence-corrected chi connectivity index (χ3v) is 5.84. The lowest BCUT2D eigenvalue weighted by atomic mass is 9.88. The summed E-state index contributed by atoms with van der Waals surface area (Å²) in [6.45, 7) is 3.13. The second kappa shape index (κ2) is 7.45. The maximum Gasteiger partial charge on any atom is 0.219 e. The van der Waals surface area contributed by atoms with Gasteiger partial charge in [0.2, 0.25) is 5.91 Å². The van der Waals surface area contributed by atoms with Crippen molar-refractivity contribution in [3.8, 4) is 0 Å². The number of pyridine rings is 1. The van der Waals surface area contributed by atoms with Crippen LogP contribution in [0.3, 0.4) is 0 Å². The van der Waals surface area contributed by atoms with Crippen molar-refractivity contribution in [2.24, 2.45) is 0 Å². The van der Waals surface area contributed by atoms with Gasteiger partial charge in [-0.3, -0.25) is 9.78 Å². The molecule has 4 nitrogen and oxygen atoms in total. The second-order valence-electron chi connectivity index (χ2n) is 7.30. The van der Waals surface area contributed by atoms with E-state index in [4.69, 9.17) is 16.6 Å².